The first kappa shape index (κ1) is 13.0. The summed E-state index contributed by atoms with van der Waals surface area (Å²) in [6.45, 7) is 3.23. The van der Waals surface area contributed by atoms with Gasteiger partial charge in [0.2, 0.25) is 5.52 Å². The second kappa shape index (κ2) is 5.46. The standard InChI is InChI=1S/C13H12NS2.HI/c1-2-14-10-6-3-4-7-11(10)16-13(14)12-8-5-9-15-12;/h3-9H,2H2,1H3;1H/q+1;/p-1. The summed E-state index contributed by atoms with van der Waals surface area (Å²) in [6, 6.07) is 12.9. The Bertz CT molecular complexity index is 613. The van der Waals surface area contributed by atoms with Crippen molar-refractivity contribution in [1.29, 1.82) is 0 Å². The van der Waals surface area contributed by atoms with Crippen molar-refractivity contribution in [1.82, 2.24) is 0 Å². The molecule has 1 aromatic carbocycles. The maximum atomic E-state index is 2.39. The lowest BCUT2D eigenvalue weighted by molar-refractivity contribution is -0.652. The van der Waals surface area contributed by atoms with E-state index in [-0.39, 0.29) is 24.0 Å². The number of thiophene rings is 1. The summed E-state index contributed by atoms with van der Waals surface area (Å²) < 4.78 is 3.76. The summed E-state index contributed by atoms with van der Waals surface area (Å²) in [5, 5.41) is 3.51. The molecule has 17 heavy (non-hydrogen) atoms. The lowest BCUT2D eigenvalue weighted by Gasteiger charge is -1.92. The van der Waals surface area contributed by atoms with Crippen LogP contribution in [-0.4, -0.2) is 0 Å². The molecule has 3 rings (SSSR count). The molecule has 1 nitrogen and oxygen atoms in total. The largest absolute Gasteiger partial charge is 1.00 e. The van der Waals surface area contributed by atoms with Crippen LogP contribution in [0.1, 0.15) is 6.92 Å². The second-order valence-corrected chi connectivity index (χ2v) is 5.57. The third-order valence-corrected chi connectivity index (χ3v) is 4.86. The average Bonchev–Trinajstić information content (AvgIpc) is 2.95. The molecule has 0 bridgehead atoms. The summed E-state index contributed by atoms with van der Waals surface area (Å²) in [5.74, 6) is 0. The Balaban J connectivity index is 0.00000108. The molecule has 0 amide bonds. The number of aryl methyl sites for hydroxylation is 1. The van der Waals surface area contributed by atoms with Crippen LogP contribution in [0.15, 0.2) is 41.8 Å². The third-order valence-electron chi connectivity index (χ3n) is 2.66. The number of hydrogen-bond donors (Lipinski definition) is 0. The smallest absolute Gasteiger partial charge is 0.280 e. The number of aromatic nitrogens is 1. The SMILES string of the molecule is CC[n+]1c(-c2cccs2)sc2ccccc21.[I-]. The Morgan fingerprint density at radius 2 is 1.94 bits per heavy atom. The van der Waals surface area contributed by atoms with E-state index in [1.54, 1.807) is 0 Å². The molecule has 0 aliphatic heterocycles. The zero-order chi connectivity index (χ0) is 11.0. The monoisotopic (exact) mass is 373 g/mol. The van der Waals surface area contributed by atoms with Crippen LogP contribution in [0.25, 0.3) is 20.1 Å². The van der Waals surface area contributed by atoms with E-state index in [2.05, 4.69) is 53.3 Å². The van der Waals surface area contributed by atoms with E-state index in [0.29, 0.717) is 0 Å². The summed E-state index contributed by atoms with van der Waals surface area (Å²) in [5.41, 5.74) is 1.35. The van der Waals surface area contributed by atoms with Gasteiger partial charge < -0.3 is 24.0 Å². The molecule has 0 saturated heterocycles. The lowest BCUT2D eigenvalue weighted by Crippen LogP contribution is -3.00. The van der Waals surface area contributed by atoms with Crippen LogP contribution < -0.4 is 28.5 Å². The molecule has 3 aromatic rings. The lowest BCUT2D eigenvalue weighted by atomic mass is 10.3. The van der Waals surface area contributed by atoms with Crippen LogP contribution in [0.3, 0.4) is 0 Å². The van der Waals surface area contributed by atoms with Gasteiger partial charge in [-0.1, -0.05) is 29.5 Å². The second-order valence-electron chi connectivity index (χ2n) is 3.60. The predicted octanol–water partition coefficient (Wildman–Crippen LogP) is 0.941. The minimum atomic E-state index is 0. The quantitative estimate of drug-likeness (QED) is 0.465. The van der Waals surface area contributed by atoms with E-state index in [1.165, 1.54) is 20.1 Å². The highest BCUT2D eigenvalue weighted by molar-refractivity contribution is 7.24. The Morgan fingerprint density at radius 3 is 2.65 bits per heavy atom. The molecule has 0 spiro atoms. The number of nitrogens with zero attached hydrogens (tertiary/aromatic N) is 1. The van der Waals surface area contributed by atoms with E-state index < -0.39 is 0 Å². The van der Waals surface area contributed by atoms with E-state index in [0.717, 1.165) is 6.54 Å². The van der Waals surface area contributed by atoms with Crippen LogP contribution in [-0.2, 0) is 6.54 Å². The van der Waals surface area contributed by atoms with Gasteiger partial charge in [0.05, 0.1) is 0 Å². The molecule has 0 N–H and O–H groups in total. The van der Waals surface area contributed by atoms with Gasteiger partial charge in [-0.15, -0.1) is 11.3 Å². The van der Waals surface area contributed by atoms with Crippen LogP contribution >= 0.6 is 22.7 Å². The number of hydrogen-bond acceptors (Lipinski definition) is 2. The fourth-order valence-electron chi connectivity index (χ4n) is 1.93. The number of rotatable bonds is 2. The number of thiazole rings is 1. The van der Waals surface area contributed by atoms with E-state index in [1.807, 2.05) is 22.7 Å². The van der Waals surface area contributed by atoms with Crippen molar-refractivity contribution < 1.29 is 28.5 Å². The molecule has 0 unspecified atom stereocenters. The van der Waals surface area contributed by atoms with Gasteiger partial charge in [-0.25, -0.2) is 0 Å². The number of para-hydroxylation sites is 1. The van der Waals surface area contributed by atoms with Crippen LogP contribution in [0.5, 0.6) is 0 Å². The molecule has 2 aromatic heterocycles. The van der Waals surface area contributed by atoms with E-state index in [9.17, 15) is 0 Å². The highest BCUT2D eigenvalue weighted by atomic mass is 127. The first-order chi connectivity index (χ1) is 7.90. The summed E-state index contributed by atoms with van der Waals surface area (Å²) in [6.07, 6.45) is 0. The Labute approximate surface area is 126 Å². The highest BCUT2D eigenvalue weighted by Crippen LogP contribution is 2.31. The molecular formula is C13H12INS2. The van der Waals surface area contributed by atoms with Crippen molar-refractivity contribution in [3.8, 4) is 9.88 Å². The van der Waals surface area contributed by atoms with Gasteiger partial charge in [0.25, 0.3) is 5.01 Å². The normalized spacial score (nSPS) is 10.4. The predicted molar refractivity (Wildman–Crippen MR) is 71.0 cm³/mol. The molecule has 0 atom stereocenters. The fraction of sp³-hybridized carbons (Fsp3) is 0.154. The molecule has 2 heterocycles. The first-order valence-electron chi connectivity index (χ1n) is 5.35. The van der Waals surface area contributed by atoms with Gasteiger partial charge in [0.15, 0.2) is 0 Å². The van der Waals surface area contributed by atoms with Crippen molar-refractivity contribution >= 4 is 32.9 Å². The molecule has 0 saturated carbocycles. The van der Waals surface area contributed by atoms with Gasteiger partial charge in [-0.3, -0.25) is 0 Å². The fourth-order valence-corrected chi connectivity index (χ4v) is 4.02. The minimum absolute atomic E-state index is 0. The topological polar surface area (TPSA) is 3.88 Å². The van der Waals surface area contributed by atoms with Crippen molar-refractivity contribution in [2.24, 2.45) is 0 Å². The maximum absolute atomic E-state index is 2.39. The van der Waals surface area contributed by atoms with Crippen LogP contribution in [0, 0.1) is 0 Å². The Morgan fingerprint density at radius 1 is 1.12 bits per heavy atom. The molecule has 0 aliphatic rings. The van der Waals surface area contributed by atoms with E-state index >= 15 is 0 Å². The minimum Gasteiger partial charge on any atom is -1.00 e. The summed E-state index contributed by atoms with van der Waals surface area (Å²) in [4.78, 5) is 1.36. The summed E-state index contributed by atoms with van der Waals surface area (Å²) in [7, 11) is 0. The maximum Gasteiger partial charge on any atom is 0.280 e. The highest BCUT2D eigenvalue weighted by Gasteiger charge is 2.20. The Kier molecular flexibility index (Phi) is 4.17. The van der Waals surface area contributed by atoms with Crippen molar-refractivity contribution in [3.63, 3.8) is 0 Å². The summed E-state index contributed by atoms with van der Waals surface area (Å²) >= 11 is 3.69. The molecular weight excluding hydrogens is 361 g/mol. The Hall–Kier alpha value is -0.460. The van der Waals surface area contributed by atoms with Gasteiger partial charge in [0.1, 0.15) is 16.1 Å². The van der Waals surface area contributed by atoms with Gasteiger partial charge in [-0.05, 0) is 24.4 Å². The molecule has 0 radical (unpaired) electrons. The molecule has 4 heteroatoms. The first-order valence-corrected chi connectivity index (χ1v) is 7.05. The molecule has 0 aliphatic carbocycles. The third kappa shape index (κ3) is 2.26. The van der Waals surface area contributed by atoms with Gasteiger partial charge in [-0.2, -0.15) is 4.57 Å². The van der Waals surface area contributed by atoms with Crippen molar-refractivity contribution in [2.45, 2.75) is 13.5 Å². The number of fused-ring (bicyclic) bond motifs is 1. The van der Waals surface area contributed by atoms with Gasteiger partial charge >= 0.3 is 0 Å². The van der Waals surface area contributed by atoms with Crippen molar-refractivity contribution in [2.75, 3.05) is 0 Å². The average molecular weight is 373 g/mol. The van der Waals surface area contributed by atoms with Crippen LogP contribution in [0.4, 0.5) is 0 Å². The van der Waals surface area contributed by atoms with Gasteiger partial charge in [0, 0.05) is 6.07 Å². The molecule has 0 fully saturated rings. The van der Waals surface area contributed by atoms with Crippen molar-refractivity contribution in [3.05, 3.63) is 41.8 Å². The number of benzene rings is 1. The zero-order valence-corrected chi connectivity index (χ0v) is 13.2. The zero-order valence-electron chi connectivity index (χ0n) is 9.39. The number of halogens is 1. The molecule has 88 valence electrons. The van der Waals surface area contributed by atoms with E-state index in [4.69, 9.17) is 0 Å². The van der Waals surface area contributed by atoms with Crippen LogP contribution in [0.2, 0.25) is 0 Å².